The van der Waals surface area contributed by atoms with Crippen molar-refractivity contribution in [1.29, 1.82) is 0 Å². The molecule has 0 bridgehead atoms. The molecule has 0 aliphatic carbocycles. The van der Waals surface area contributed by atoms with Gasteiger partial charge in [0.1, 0.15) is 0 Å². The van der Waals surface area contributed by atoms with Crippen LogP contribution in [0.1, 0.15) is 33.6 Å². The minimum absolute atomic E-state index is 0.247. The highest BCUT2D eigenvalue weighted by Crippen LogP contribution is 2.36. The number of rotatable bonds is 6. The summed E-state index contributed by atoms with van der Waals surface area (Å²) in [6, 6.07) is 5.75. The molecule has 1 aliphatic rings. The standard InChI is InChI=1S/C19H33ClN2O2Si/c1-19(2,3)25(4,5)24-11-10-23-18-6-8-22(9-7-18)17-13-15(20)12-16(21)14-17/h12-14,18H,6-11,21H2,1-5H3. The monoisotopic (exact) mass is 384 g/mol. The smallest absolute Gasteiger partial charge is 0.192 e. The Hall–Kier alpha value is -0.753. The molecule has 6 heteroatoms. The number of anilines is 2. The van der Waals surface area contributed by atoms with E-state index in [0.29, 0.717) is 30.0 Å². The van der Waals surface area contributed by atoms with Gasteiger partial charge in [0.15, 0.2) is 8.32 Å². The summed E-state index contributed by atoms with van der Waals surface area (Å²) >= 11 is 6.11. The molecule has 0 unspecified atom stereocenters. The summed E-state index contributed by atoms with van der Waals surface area (Å²) in [6.07, 6.45) is 2.36. The Bertz CT molecular complexity index is 547. The predicted molar refractivity (Wildman–Crippen MR) is 110 cm³/mol. The van der Waals surface area contributed by atoms with E-state index in [1.165, 1.54) is 0 Å². The summed E-state index contributed by atoms with van der Waals surface area (Å²) in [4.78, 5) is 2.33. The van der Waals surface area contributed by atoms with E-state index in [4.69, 9.17) is 26.5 Å². The number of ether oxygens (including phenoxy) is 1. The van der Waals surface area contributed by atoms with Crippen LogP contribution in [0.2, 0.25) is 23.2 Å². The third-order valence-electron chi connectivity index (χ3n) is 5.42. The first-order valence-electron chi connectivity index (χ1n) is 9.15. The summed E-state index contributed by atoms with van der Waals surface area (Å²) in [5, 5.41) is 0.938. The molecule has 0 spiro atoms. The maximum Gasteiger partial charge on any atom is 0.192 e. The lowest BCUT2D eigenvalue weighted by Gasteiger charge is -2.37. The minimum Gasteiger partial charge on any atom is -0.414 e. The van der Waals surface area contributed by atoms with Gasteiger partial charge in [-0.3, -0.25) is 0 Å². The molecular weight excluding hydrogens is 352 g/mol. The van der Waals surface area contributed by atoms with Crippen LogP contribution in [-0.2, 0) is 9.16 Å². The second-order valence-electron chi connectivity index (χ2n) is 8.41. The van der Waals surface area contributed by atoms with Crippen molar-refractivity contribution in [3.05, 3.63) is 23.2 Å². The van der Waals surface area contributed by atoms with Crippen LogP contribution in [0, 0.1) is 0 Å². The lowest BCUT2D eigenvalue weighted by atomic mass is 10.1. The third kappa shape index (κ3) is 5.88. The van der Waals surface area contributed by atoms with Gasteiger partial charge in [-0.15, -0.1) is 0 Å². The Labute approximate surface area is 158 Å². The van der Waals surface area contributed by atoms with Crippen LogP contribution in [0.3, 0.4) is 0 Å². The zero-order valence-corrected chi connectivity index (χ0v) is 18.0. The fourth-order valence-electron chi connectivity index (χ4n) is 2.79. The molecule has 0 saturated carbocycles. The molecule has 0 atom stereocenters. The Morgan fingerprint density at radius 1 is 1.16 bits per heavy atom. The number of hydrogen-bond donors (Lipinski definition) is 1. The average Bonchev–Trinajstić information content (AvgIpc) is 2.50. The quantitative estimate of drug-likeness (QED) is 0.429. The van der Waals surface area contributed by atoms with Crippen molar-refractivity contribution in [2.75, 3.05) is 36.9 Å². The van der Waals surface area contributed by atoms with Crippen molar-refractivity contribution in [1.82, 2.24) is 0 Å². The first-order valence-corrected chi connectivity index (χ1v) is 12.4. The lowest BCUT2D eigenvalue weighted by molar-refractivity contribution is 0.0180. The van der Waals surface area contributed by atoms with Crippen LogP contribution in [0.4, 0.5) is 11.4 Å². The molecule has 1 aliphatic heterocycles. The number of nitrogens with zero attached hydrogens (tertiary/aromatic N) is 1. The Morgan fingerprint density at radius 3 is 2.36 bits per heavy atom. The molecule has 4 nitrogen and oxygen atoms in total. The molecule has 1 fully saturated rings. The fraction of sp³-hybridized carbons (Fsp3) is 0.684. The normalized spacial score (nSPS) is 17.1. The number of nitrogen functional groups attached to an aromatic ring is 1. The van der Waals surface area contributed by atoms with Crippen LogP contribution in [0.15, 0.2) is 18.2 Å². The van der Waals surface area contributed by atoms with Gasteiger partial charge in [-0.25, -0.2) is 0 Å². The Kier molecular flexibility index (Phi) is 6.82. The summed E-state index contributed by atoms with van der Waals surface area (Å²) in [5.74, 6) is 0. The van der Waals surface area contributed by atoms with Crippen LogP contribution in [0.5, 0.6) is 0 Å². The molecular formula is C19H33ClN2O2Si. The van der Waals surface area contributed by atoms with Crippen molar-refractivity contribution in [3.63, 3.8) is 0 Å². The van der Waals surface area contributed by atoms with Gasteiger partial charge < -0.3 is 19.8 Å². The number of halogens is 1. The van der Waals surface area contributed by atoms with Gasteiger partial charge in [-0.05, 0) is 49.2 Å². The van der Waals surface area contributed by atoms with Gasteiger partial charge >= 0.3 is 0 Å². The summed E-state index contributed by atoms with van der Waals surface area (Å²) in [6.45, 7) is 14.7. The zero-order chi connectivity index (χ0) is 18.7. The van der Waals surface area contributed by atoms with E-state index in [1.807, 2.05) is 12.1 Å². The second kappa shape index (κ2) is 8.29. The van der Waals surface area contributed by atoms with Crippen LogP contribution >= 0.6 is 11.6 Å². The van der Waals surface area contributed by atoms with Crippen LogP contribution < -0.4 is 10.6 Å². The first-order chi connectivity index (χ1) is 11.6. The first kappa shape index (κ1) is 20.6. The number of piperidine rings is 1. The highest BCUT2D eigenvalue weighted by molar-refractivity contribution is 6.74. The largest absolute Gasteiger partial charge is 0.414 e. The molecule has 142 valence electrons. The summed E-state index contributed by atoms with van der Waals surface area (Å²) < 4.78 is 12.2. The van der Waals surface area contributed by atoms with Crippen molar-refractivity contribution in [2.45, 2.75) is 57.8 Å². The van der Waals surface area contributed by atoms with Crippen molar-refractivity contribution in [3.8, 4) is 0 Å². The summed E-state index contributed by atoms with van der Waals surface area (Å²) in [7, 11) is -1.67. The van der Waals surface area contributed by atoms with E-state index in [-0.39, 0.29) is 5.04 Å². The highest BCUT2D eigenvalue weighted by atomic mass is 35.5. The zero-order valence-electron chi connectivity index (χ0n) is 16.3. The van der Waals surface area contributed by atoms with Crippen molar-refractivity contribution in [2.24, 2.45) is 0 Å². The number of nitrogens with two attached hydrogens (primary N) is 1. The Morgan fingerprint density at radius 2 is 1.80 bits per heavy atom. The molecule has 2 rings (SSSR count). The Balaban J connectivity index is 1.72. The molecule has 0 amide bonds. The molecule has 1 aromatic rings. The molecule has 1 aromatic carbocycles. The third-order valence-corrected chi connectivity index (χ3v) is 10.2. The molecule has 1 saturated heterocycles. The molecule has 0 radical (unpaired) electrons. The van der Waals surface area contributed by atoms with E-state index in [2.05, 4.69) is 38.8 Å². The second-order valence-corrected chi connectivity index (χ2v) is 13.7. The van der Waals surface area contributed by atoms with Gasteiger partial charge in [0.05, 0.1) is 19.3 Å². The maximum absolute atomic E-state index is 6.18. The number of hydrogen-bond acceptors (Lipinski definition) is 4. The predicted octanol–water partition coefficient (Wildman–Crippen LogP) is 4.93. The van der Waals surface area contributed by atoms with Crippen molar-refractivity contribution >= 4 is 31.3 Å². The van der Waals surface area contributed by atoms with E-state index in [9.17, 15) is 0 Å². The minimum atomic E-state index is -1.67. The maximum atomic E-state index is 6.18. The molecule has 25 heavy (non-hydrogen) atoms. The van der Waals surface area contributed by atoms with Gasteiger partial charge in [0.25, 0.3) is 0 Å². The van der Waals surface area contributed by atoms with Crippen LogP contribution in [-0.4, -0.2) is 40.7 Å². The van der Waals surface area contributed by atoms with Gasteiger partial charge in [0.2, 0.25) is 0 Å². The number of benzene rings is 1. The highest BCUT2D eigenvalue weighted by Gasteiger charge is 2.36. The van der Waals surface area contributed by atoms with E-state index in [0.717, 1.165) is 31.6 Å². The van der Waals surface area contributed by atoms with E-state index < -0.39 is 8.32 Å². The lowest BCUT2D eigenvalue weighted by Crippen LogP contribution is -2.42. The molecule has 1 heterocycles. The van der Waals surface area contributed by atoms with E-state index >= 15 is 0 Å². The topological polar surface area (TPSA) is 47.7 Å². The summed E-state index contributed by atoms with van der Waals surface area (Å²) in [5.41, 5.74) is 7.71. The van der Waals surface area contributed by atoms with Gasteiger partial charge in [0, 0.05) is 29.5 Å². The van der Waals surface area contributed by atoms with Gasteiger partial charge in [-0.1, -0.05) is 32.4 Å². The molecule has 2 N–H and O–H groups in total. The van der Waals surface area contributed by atoms with Crippen LogP contribution in [0.25, 0.3) is 0 Å². The average molecular weight is 385 g/mol. The fourth-order valence-corrected chi connectivity index (χ4v) is 4.05. The SMILES string of the molecule is CC(C)(C)[Si](C)(C)OCCOC1CCN(c2cc(N)cc(Cl)c2)CC1. The van der Waals surface area contributed by atoms with Gasteiger partial charge in [-0.2, -0.15) is 0 Å². The molecule has 0 aromatic heterocycles. The van der Waals surface area contributed by atoms with E-state index in [1.54, 1.807) is 6.07 Å². The van der Waals surface area contributed by atoms with Crippen molar-refractivity contribution < 1.29 is 9.16 Å².